The maximum atomic E-state index is 5.67. The lowest BCUT2D eigenvalue weighted by Crippen LogP contribution is -2.01. The second-order valence-electron chi connectivity index (χ2n) is 5.21. The summed E-state index contributed by atoms with van der Waals surface area (Å²) in [6.07, 6.45) is 2.75. The number of hydrogen-bond donors (Lipinski definition) is 1. The average molecular weight is 319 g/mol. The second kappa shape index (κ2) is 8.34. The molecule has 1 aromatic heterocycles. The summed E-state index contributed by atoms with van der Waals surface area (Å²) in [5.74, 6) is 2.05. The summed E-state index contributed by atoms with van der Waals surface area (Å²) < 4.78 is 5.67. The summed E-state index contributed by atoms with van der Waals surface area (Å²) in [6.45, 7) is 5.10. The minimum atomic E-state index is 0.350. The molecule has 22 heavy (non-hydrogen) atoms. The van der Waals surface area contributed by atoms with Crippen molar-refractivity contribution < 1.29 is 4.74 Å². The zero-order valence-electron chi connectivity index (χ0n) is 12.7. The van der Waals surface area contributed by atoms with Crippen molar-refractivity contribution in [3.63, 3.8) is 0 Å². The van der Waals surface area contributed by atoms with Crippen molar-refractivity contribution in [2.24, 2.45) is 11.0 Å². The van der Waals surface area contributed by atoms with E-state index in [9.17, 15) is 0 Å². The molecule has 0 atom stereocenters. The average Bonchev–Trinajstić information content (AvgIpc) is 2.50. The van der Waals surface area contributed by atoms with Gasteiger partial charge >= 0.3 is 0 Å². The Morgan fingerprint density at radius 1 is 1.18 bits per heavy atom. The van der Waals surface area contributed by atoms with E-state index >= 15 is 0 Å². The van der Waals surface area contributed by atoms with Crippen molar-refractivity contribution in [1.82, 2.24) is 10.2 Å². The van der Waals surface area contributed by atoms with Crippen LogP contribution in [0.1, 0.15) is 25.8 Å². The Balaban J connectivity index is 1.82. The number of rotatable bonds is 7. The van der Waals surface area contributed by atoms with Crippen LogP contribution < -0.4 is 10.2 Å². The predicted octanol–water partition coefficient (Wildman–Crippen LogP) is 4.00. The van der Waals surface area contributed by atoms with Gasteiger partial charge in [0.05, 0.1) is 12.8 Å². The third kappa shape index (κ3) is 5.69. The van der Waals surface area contributed by atoms with Gasteiger partial charge in [-0.15, -0.1) is 10.2 Å². The van der Waals surface area contributed by atoms with Crippen molar-refractivity contribution in [2.75, 3.05) is 12.0 Å². The molecule has 1 heterocycles. The number of aromatic nitrogens is 2. The highest BCUT2D eigenvalue weighted by molar-refractivity contribution is 6.29. The number of anilines is 1. The number of hydrazone groups is 1. The first kappa shape index (κ1) is 16.2. The molecule has 2 rings (SSSR count). The largest absolute Gasteiger partial charge is 0.494 e. The molecule has 0 fully saturated rings. The van der Waals surface area contributed by atoms with E-state index in [4.69, 9.17) is 16.3 Å². The normalized spacial score (nSPS) is 11.1. The number of ether oxygens (including phenoxy) is 1. The van der Waals surface area contributed by atoms with E-state index in [-0.39, 0.29) is 0 Å². The van der Waals surface area contributed by atoms with Gasteiger partial charge in [-0.1, -0.05) is 25.4 Å². The SMILES string of the molecule is CC(C)CCOc1ccc(/C=N\Nc2ccc(Cl)nn2)cc1. The van der Waals surface area contributed by atoms with Gasteiger partial charge in [0.1, 0.15) is 5.75 Å². The lowest BCUT2D eigenvalue weighted by atomic mass is 10.1. The Bertz CT molecular complexity index is 597. The quantitative estimate of drug-likeness (QED) is 0.619. The topological polar surface area (TPSA) is 59.4 Å². The summed E-state index contributed by atoms with van der Waals surface area (Å²) in [6, 6.07) is 11.1. The van der Waals surface area contributed by atoms with Crippen LogP contribution in [0.3, 0.4) is 0 Å². The lowest BCUT2D eigenvalue weighted by molar-refractivity contribution is 0.289. The summed E-state index contributed by atoms with van der Waals surface area (Å²) >= 11 is 5.66. The van der Waals surface area contributed by atoms with Gasteiger partial charge < -0.3 is 4.74 Å². The molecule has 0 saturated carbocycles. The highest BCUT2D eigenvalue weighted by Gasteiger charge is 1.97. The zero-order valence-corrected chi connectivity index (χ0v) is 13.4. The van der Waals surface area contributed by atoms with E-state index in [0.717, 1.165) is 24.3 Å². The number of nitrogens with one attached hydrogen (secondary N) is 1. The van der Waals surface area contributed by atoms with Crippen LogP contribution >= 0.6 is 11.6 Å². The fourth-order valence-corrected chi connectivity index (χ4v) is 1.71. The predicted molar refractivity (Wildman–Crippen MR) is 89.7 cm³/mol. The molecule has 0 radical (unpaired) electrons. The zero-order chi connectivity index (χ0) is 15.8. The summed E-state index contributed by atoms with van der Waals surface area (Å²) in [4.78, 5) is 0. The number of halogens is 1. The van der Waals surface area contributed by atoms with Gasteiger partial charge in [-0.05, 0) is 54.3 Å². The molecule has 0 aliphatic carbocycles. The van der Waals surface area contributed by atoms with E-state index in [2.05, 4.69) is 34.6 Å². The Morgan fingerprint density at radius 3 is 2.59 bits per heavy atom. The van der Waals surface area contributed by atoms with Crippen LogP contribution in [0.25, 0.3) is 0 Å². The second-order valence-corrected chi connectivity index (χ2v) is 5.60. The first-order valence-corrected chi connectivity index (χ1v) is 7.52. The molecule has 0 spiro atoms. The smallest absolute Gasteiger partial charge is 0.168 e. The van der Waals surface area contributed by atoms with Crippen molar-refractivity contribution in [2.45, 2.75) is 20.3 Å². The fraction of sp³-hybridized carbons (Fsp3) is 0.312. The highest BCUT2D eigenvalue weighted by atomic mass is 35.5. The molecule has 0 saturated heterocycles. The Morgan fingerprint density at radius 2 is 1.95 bits per heavy atom. The molecule has 5 nitrogen and oxygen atoms in total. The maximum absolute atomic E-state index is 5.67. The fourth-order valence-electron chi connectivity index (χ4n) is 1.61. The van der Waals surface area contributed by atoms with Crippen LogP contribution in [0, 0.1) is 5.92 Å². The Labute approximate surface area is 135 Å². The molecule has 0 bridgehead atoms. The minimum absolute atomic E-state index is 0.350. The van der Waals surface area contributed by atoms with Crippen LogP contribution in [0.2, 0.25) is 5.15 Å². The van der Waals surface area contributed by atoms with Gasteiger partial charge in [0.15, 0.2) is 11.0 Å². The van der Waals surface area contributed by atoms with E-state index in [1.807, 2.05) is 24.3 Å². The monoisotopic (exact) mass is 318 g/mol. The van der Waals surface area contributed by atoms with Crippen LogP contribution in [-0.2, 0) is 0 Å². The number of nitrogens with zero attached hydrogens (tertiary/aromatic N) is 3. The third-order valence-electron chi connectivity index (χ3n) is 2.87. The molecule has 0 aliphatic rings. The van der Waals surface area contributed by atoms with Crippen molar-refractivity contribution in [3.8, 4) is 5.75 Å². The molecule has 1 N–H and O–H groups in total. The van der Waals surface area contributed by atoms with Gasteiger partial charge in [-0.2, -0.15) is 5.10 Å². The third-order valence-corrected chi connectivity index (χ3v) is 3.07. The molecule has 116 valence electrons. The number of benzene rings is 1. The minimum Gasteiger partial charge on any atom is -0.494 e. The van der Waals surface area contributed by atoms with Crippen LogP contribution in [0.15, 0.2) is 41.5 Å². The van der Waals surface area contributed by atoms with E-state index in [1.54, 1.807) is 18.3 Å². The van der Waals surface area contributed by atoms with Crippen LogP contribution in [0.5, 0.6) is 5.75 Å². The molecule has 0 amide bonds. The molecule has 0 unspecified atom stereocenters. The molecular weight excluding hydrogens is 300 g/mol. The van der Waals surface area contributed by atoms with Gasteiger partial charge in [0.2, 0.25) is 0 Å². The first-order chi connectivity index (χ1) is 10.6. The first-order valence-electron chi connectivity index (χ1n) is 7.14. The summed E-state index contributed by atoms with van der Waals surface area (Å²) in [5, 5.41) is 12.0. The Kier molecular flexibility index (Phi) is 6.15. The highest BCUT2D eigenvalue weighted by Crippen LogP contribution is 2.12. The van der Waals surface area contributed by atoms with Crippen molar-refractivity contribution in [3.05, 3.63) is 47.1 Å². The number of hydrogen-bond acceptors (Lipinski definition) is 5. The van der Waals surface area contributed by atoms with Crippen LogP contribution in [0.4, 0.5) is 5.82 Å². The molecule has 0 aliphatic heterocycles. The van der Waals surface area contributed by atoms with E-state index in [1.165, 1.54) is 0 Å². The molecule has 2 aromatic rings. The summed E-state index contributed by atoms with van der Waals surface area (Å²) in [7, 11) is 0. The summed E-state index contributed by atoms with van der Waals surface area (Å²) in [5.41, 5.74) is 3.75. The van der Waals surface area contributed by atoms with Crippen LogP contribution in [-0.4, -0.2) is 23.0 Å². The molecule has 1 aromatic carbocycles. The van der Waals surface area contributed by atoms with Crippen molar-refractivity contribution in [1.29, 1.82) is 0 Å². The molecule has 6 heteroatoms. The van der Waals surface area contributed by atoms with E-state index < -0.39 is 0 Å². The maximum Gasteiger partial charge on any atom is 0.168 e. The standard InChI is InChI=1S/C16H19ClN4O/c1-12(2)9-10-22-14-5-3-13(4-6-14)11-18-20-16-8-7-15(17)19-21-16/h3-8,11-12H,9-10H2,1-2H3,(H,20,21)/b18-11-. The molecular formula is C16H19ClN4O. The van der Waals surface area contributed by atoms with Gasteiger partial charge in [0.25, 0.3) is 0 Å². The lowest BCUT2D eigenvalue weighted by Gasteiger charge is -2.07. The van der Waals surface area contributed by atoms with Gasteiger partial charge in [-0.25, -0.2) is 0 Å². The van der Waals surface area contributed by atoms with Gasteiger partial charge in [-0.3, -0.25) is 5.43 Å². The van der Waals surface area contributed by atoms with Crippen molar-refractivity contribution >= 4 is 23.6 Å². The van der Waals surface area contributed by atoms with E-state index in [0.29, 0.717) is 16.9 Å². The van der Waals surface area contributed by atoms with Gasteiger partial charge in [0, 0.05) is 0 Å². The Hall–Kier alpha value is -2.14.